The van der Waals surface area contributed by atoms with Gasteiger partial charge in [-0.25, -0.2) is 9.97 Å². The summed E-state index contributed by atoms with van der Waals surface area (Å²) >= 11 is 3.72. The fourth-order valence-corrected chi connectivity index (χ4v) is 18.3. The number of rotatable bonds is 8. The molecule has 0 saturated heterocycles. The van der Waals surface area contributed by atoms with Crippen LogP contribution in [-0.4, -0.2) is 9.97 Å². The third-order valence-corrected chi connectivity index (χ3v) is 23.2. The van der Waals surface area contributed by atoms with Gasteiger partial charge in [0.25, 0.3) is 0 Å². The first-order valence-electron chi connectivity index (χ1n) is 35.2. The predicted octanol–water partition coefficient (Wildman–Crippen LogP) is 28.6. The minimum Gasteiger partial charge on any atom is -0.456 e. The maximum Gasteiger partial charge on any atom is 0.136 e. The van der Waals surface area contributed by atoms with Crippen molar-refractivity contribution in [3.63, 3.8) is 0 Å². The molecule has 0 amide bonds. The summed E-state index contributed by atoms with van der Waals surface area (Å²) in [6.07, 6.45) is 0. The average Bonchev–Trinajstić information content (AvgIpc) is 1.41. The Balaban J connectivity index is 0.000000134. The second-order valence-corrected chi connectivity index (χ2v) is 29.0. The van der Waals surface area contributed by atoms with Crippen LogP contribution in [0.25, 0.3) is 217 Å². The van der Waals surface area contributed by atoms with Gasteiger partial charge in [0.15, 0.2) is 0 Å². The molecule has 104 heavy (non-hydrogen) atoms. The molecule has 0 unspecified atom stereocenters. The van der Waals surface area contributed by atoms with Crippen LogP contribution in [0.4, 0.5) is 0 Å². The number of thiophene rings is 2. The van der Waals surface area contributed by atoms with Gasteiger partial charge in [-0.1, -0.05) is 285 Å². The minimum absolute atomic E-state index is 0.869. The summed E-state index contributed by atoms with van der Waals surface area (Å²) in [4.78, 5) is 10.6. The molecule has 22 aromatic rings. The van der Waals surface area contributed by atoms with Crippen molar-refractivity contribution in [3.8, 4) is 89.3 Å². The van der Waals surface area contributed by atoms with Gasteiger partial charge in [-0.05, 0) is 122 Å². The minimum atomic E-state index is 0.869. The molecule has 16 aromatic carbocycles. The Hall–Kier alpha value is -13.1. The molecule has 0 aliphatic heterocycles. The van der Waals surface area contributed by atoms with E-state index in [0.717, 1.165) is 110 Å². The molecule has 0 N–H and O–H groups in total. The van der Waals surface area contributed by atoms with E-state index in [4.69, 9.17) is 18.8 Å². The third kappa shape index (κ3) is 9.86. The normalized spacial score (nSPS) is 11.8. The molecule has 6 heteroatoms. The van der Waals surface area contributed by atoms with E-state index < -0.39 is 0 Å². The fourth-order valence-electron chi connectivity index (χ4n) is 16.1. The number of pyridine rings is 2. The number of nitrogens with zero attached hydrogens (tertiary/aromatic N) is 2. The van der Waals surface area contributed by atoms with Crippen LogP contribution in [0, 0.1) is 0 Å². The molecule has 6 aromatic heterocycles. The molecule has 0 aliphatic rings. The van der Waals surface area contributed by atoms with Crippen molar-refractivity contribution in [3.05, 3.63) is 352 Å². The van der Waals surface area contributed by atoms with Crippen molar-refractivity contribution in [2.24, 2.45) is 0 Å². The van der Waals surface area contributed by atoms with Crippen LogP contribution in [0.1, 0.15) is 0 Å². The number of hydrogen-bond acceptors (Lipinski definition) is 6. The lowest BCUT2D eigenvalue weighted by Crippen LogP contribution is -1.93. The molecule has 4 nitrogen and oxygen atoms in total. The van der Waals surface area contributed by atoms with E-state index in [2.05, 4.69) is 340 Å². The van der Waals surface area contributed by atoms with E-state index in [9.17, 15) is 0 Å². The summed E-state index contributed by atoms with van der Waals surface area (Å²) in [5.41, 5.74) is 23.9. The molecule has 22 rings (SSSR count). The van der Waals surface area contributed by atoms with Crippen LogP contribution in [0.2, 0.25) is 0 Å². The lowest BCUT2D eigenvalue weighted by atomic mass is 9.89. The Kier molecular flexibility index (Phi) is 14.0. The lowest BCUT2D eigenvalue weighted by Gasteiger charge is -2.16. The van der Waals surface area contributed by atoms with Gasteiger partial charge in [0.05, 0.1) is 22.4 Å². The van der Waals surface area contributed by atoms with Gasteiger partial charge < -0.3 is 8.83 Å². The molecule has 6 heterocycles. The van der Waals surface area contributed by atoms with Crippen molar-refractivity contribution in [2.45, 2.75) is 0 Å². The molecule has 0 spiro atoms. The van der Waals surface area contributed by atoms with Crippen LogP contribution in [0.3, 0.4) is 0 Å². The molecule has 0 aliphatic carbocycles. The maximum atomic E-state index is 6.56. The Labute approximate surface area is 605 Å². The van der Waals surface area contributed by atoms with Gasteiger partial charge in [-0.2, -0.15) is 0 Å². The summed E-state index contributed by atoms with van der Waals surface area (Å²) in [5.74, 6) is 0. The van der Waals surface area contributed by atoms with E-state index in [1.54, 1.807) is 0 Å². The van der Waals surface area contributed by atoms with Gasteiger partial charge >= 0.3 is 0 Å². The second kappa shape index (κ2) is 24.3. The fraction of sp³-hybridized carbons (Fsp3) is 0. The van der Waals surface area contributed by atoms with Gasteiger partial charge in [-0.3, -0.25) is 0 Å². The molecule has 0 bridgehead atoms. The monoisotopic (exact) mass is 1360 g/mol. The van der Waals surface area contributed by atoms with Crippen LogP contribution in [-0.2, 0) is 0 Å². The first-order chi connectivity index (χ1) is 51.5. The van der Waals surface area contributed by atoms with Crippen LogP contribution in [0.5, 0.6) is 0 Å². The number of furan rings is 2. The first kappa shape index (κ1) is 59.7. The largest absolute Gasteiger partial charge is 0.456 e. The standard InChI is InChI=1S/2C49H29NOS/c1-2-11-33(12-3-1)45-47-36-13-4-7-17-40(36)50-49(39(47)29-42-48(45)37-14-5-8-18-41(37)51-42)34-27-23-31(24-28-34)30-21-25-32(26-22-30)35-16-10-20-44-46(35)38-15-6-9-19-43(38)52-44;1-2-10-33(11-3-1)46-47-37-13-4-7-15-41(37)50-49(40(47)29-43-48(46)38-14-5-8-16-42(38)51-43)34-24-22-31(23-25-34)30-18-20-32(21-19-30)35-26-27-45-39(28-35)36-12-6-9-17-44(36)52-45/h2*1-29H. The van der Waals surface area contributed by atoms with E-state index in [1.165, 1.54) is 107 Å². The van der Waals surface area contributed by atoms with Crippen LogP contribution < -0.4 is 0 Å². The number of para-hydroxylation sites is 4. The summed E-state index contributed by atoms with van der Waals surface area (Å²) in [6, 6.07) is 126. The van der Waals surface area contributed by atoms with Crippen molar-refractivity contribution in [1.82, 2.24) is 9.97 Å². The zero-order valence-electron chi connectivity index (χ0n) is 56.0. The Morgan fingerprint density at radius 2 is 0.558 bits per heavy atom. The lowest BCUT2D eigenvalue weighted by molar-refractivity contribution is 0.669. The topological polar surface area (TPSA) is 52.1 Å². The Morgan fingerprint density at radius 1 is 0.192 bits per heavy atom. The van der Waals surface area contributed by atoms with Crippen molar-refractivity contribution in [1.29, 1.82) is 0 Å². The zero-order chi connectivity index (χ0) is 68.3. The highest BCUT2D eigenvalue weighted by Crippen LogP contribution is 2.50. The number of benzene rings is 16. The smallest absolute Gasteiger partial charge is 0.136 e. The molecule has 484 valence electrons. The molecule has 0 saturated carbocycles. The molecular weight excluding hydrogens is 1300 g/mol. The van der Waals surface area contributed by atoms with Crippen molar-refractivity contribution < 1.29 is 8.83 Å². The predicted molar refractivity (Wildman–Crippen MR) is 442 cm³/mol. The third-order valence-electron chi connectivity index (χ3n) is 21.0. The first-order valence-corrected chi connectivity index (χ1v) is 36.9. The van der Waals surface area contributed by atoms with E-state index in [-0.39, 0.29) is 0 Å². The van der Waals surface area contributed by atoms with Crippen LogP contribution in [0.15, 0.2) is 361 Å². The van der Waals surface area contributed by atoms with Gasteiger partial charge in [0.2, 0.25) is 0 Å². The molecule has 0 radical (unpaired) electrons. The summed E-state index contributed by atoms with van der Waals surface area (Å²) in [6.45, 7) is 0. The van der Waals surface area contributed by atoms with Crippen molar-refractivity contribution in [2.75, 3.05) is 0 Å². The highest BCUT2D eigenvalue weighted by Gasteiger charge is 2.25. The highest BCUT2D eigenvalue weighted by molar-refractivity contribution is 7.26. The number of fused-ring (bicyclic) bond motifs is 18. The quantitative estimate of drug-likeness (QED) is 0.142. The highest BCUT2D eigenvalue weighted by atomic mass is 32.1. The number of hydrogen-bond donors (Lipinski definition) is 0. The molecule has 0 atom stereocenters. The second-order valence-electron chi connectivity index (χ2n) is 26.9. The van der Waals surface area contributed by atoms with Gasteiger partial charge in [-0.15, -0.1) is 22.7 Å². The molecular formula is C98H58N2O2S2. The van der Waals surface area contributed by atoms with Gasteiger partial charge in [0.1, 0.15) is 22.3 Å². The number of aromatic nitrogens is 2. The summed E-state index contributed by atoms with van der Waals surface area (Å²) in [7, 11) is 0. The zero-order valence-corrected chi connectivity index (χ0v) is 57.6. The summed E-state index contributed by atoms with van der Waals surface area (Å²) < 4.78 is 18.4. The van der Waals surface area contributed by atoms with Crippen LogP contribution >= 0.6 is 22.7 Å². The molecule has 0 fully saturated rings. The summed E-state index contributed by atoms with van der Waals surface area (Å²) in [5, 5.41) is 16.6. The Bertz CT molecular complexity index is 7170. The van der Waals surface area contributed by atoms with E-state index >= 15 is 0 Å². The SMILES string of the molecule is c1ccc(-c2c3c(cc4c(-c5ccc(-c6ccc(-c7ccc8sc9ccccc9c8c7)cc6)cc5)nc5ccccc5c24)oc2ccccc23)cc1.c1ccc(-c2c3c(cc4c(-c5ccc(-c6ccc(-c7cccc8sc9ccccc9c78)cc6)cc5)nc5ccccc5c24)oc2ccccc23)cc1. The average molecular weight is 1360 g/mol. The van der Waals surface area contributed by atoms with Crippen molar-refractivity contribution >= 4 is 150 Å². The maximum absolute atomic E-state index is 6.56. The van der Waals surface area contributed by atoms with E-state index in [0.29, 0.717) is 0 Å². The van der Waals surface area contributed by atoms with E-state index in [1.807, 2.05) is 34.8 Å². The Morgan fingerprint density at radius 3 is 1.07 bits per heavy atom. The van der Waals surface area contributed by atoms with Gasteiger partial charge in [0, 0.05) is 116 Å².